The summed E-state index contributed by atoms with van der Waals surface area (Å²) in [6, 6.07) is 0. The molecular weight excluding hydrogens is 152 g/mol. The van der Waals surface area contributed by atoms with Crippen LogP contribution in [0.4, 0.5) is 0 Å². The maximum absolute atomic E-state index is 9.04. The summed E-state index contributed by atoms with van der Waals surface area (Å²) in [4.78, 5) is 0. The number of hydrogen-bond acceptors (Lipinski definition) is 2. The van der Waals surface area contributed by atoms with Crippen LogP contribution in [0.25, 0.3) is 0 Å². The molecule has 2 nitrogen and oxygen atoms in total. The first-order valence-electron chi connectivity index (χ1n) is 4.94. The highest BCUT2D eigenvalue weighted by Gasteiger charge is 2.55. The molecule has 1 N–H and O–H groups in total. The van der Waals surface area contributed by atoms with E-state index in [0.29, 0.717) is 24.0 Å². The smallest absolute Gasteiger partial charge is 0.0576 e. The molecule has 0 aliphatic heterocycles. The quantitative estimate of drug-likeness (QED) is 0.681. The molecular formula is C10H18O2. The van der Waals surface area contributed by atoms with Gasteiger partial charge in [0, 0.05) is 13.7 Å². The minimum atomic E-state index is 0.385. The Balaban J connectivity index is 1.92. The first-order valence-corrected chi connectivity index (χ1v) is 4.94. The number of hydrogen-bond donors (Lipinski definition) is 1. The van der Waals surface area contributed by atoms with Crippen LogP contribution in [0.5, 0.6) is 0 Å². The molecule has 0 heterocycles. The average molecular weight is 170 g/mol. The molecule has 0 aromatic carbocycles. The van der Waals surface area contributed by atoms with Crippen LogP contribution in [0.1, 0.15) is 32.1 Å². The van der Waals surface area contributed by atoms with Gasteiger partial charge in [-0.25, -0.2) is 0 Å². The molecule has 2 heteroatoms. The minimum absolute atomic E-state index is 0.385. The van der Waals surface area contributed by atoms with E-state index in [1.54, 1.807) is 7.11 Å². The summed E-state index contributed by atoms with van der Waals surface area (Å²) >= 11 is 0. The van der Waals surface area contributed by atoms with E-state index in [-0.39, 0.29) is 0 Å². The van der Waals surface area contributed by atoms with Crippen molar-refractivity contribution in [1.29, 1.82) is 0 Å². The third-order valence-electron chi connectivity index (χ3n) is 3.75. The normalized spacial score (nSPS) is 46.5. The Morgan fingerprint density at radius 1 is 1.50 bits per heavy atom. The number of methoxy groups -OCH3 is 1. The lowest BCUT2D eigenvalue weighted by molar-refractivity contribution is 0.0375. The molecule has 0 amide bonds. The van der Waals surface area contributed by atoms with Gasteiger partial charge in [-0.05, 0) is 37.0 Å². The first-order chi connectivity index (χ1) is 5.80. The Kier molecular flexibility index (Phi) is 2.13. The van der Waals surface area contributed by atoms with Crippen LogP contribution in [-0.4, -0.2) is 24.9 Å². The lowest BCUT2D eigenvalue weighted by Crippen LogP contribution is -2.24. The zero-order valence-electron chi connectivity index (χ0n) is 7.75. The van der Waals surface area contributed by atoms with Crippen LogP contribution < -0.4 is 0 Å². The number of aliphatic hydroxyl groups excluding tert-OH is 1. The topological polar surface area (TPSA) is 29.5 Å². The Bertz CT molecular complexity index is 169. The van der Waals surface area contributed by atoms with Gasteiger partial charge in [-0.3, -0.25) is 0 Å². The Hall–Kier alpha value is -0.0800. The molecule has 2 aliphatic rings. The summed E-state index contributed by atoms with van der Waals surface area (Å²) < 4.78 is 5.38. The molecule has 0 radical (unpaired) electrons. The van der Waals surface area contributed by atoms with Crippen molar-refractivity contribution >= 4 is 0 Å². The summed E-state index contributed by atoms with van der Waals surface area (Å²) in [6.07, 6.45) is 6.72. The molecule has 2 aliphatic carbocycles. The van der Waals surface area contributed by atoms with Crippen LogP contribution in [0, 0.1) is 11.3 Å². The third-order valence-corrected chi connectivity index (χ3v) is 3.75. The van der Waals surface area contributed by atoms with Gasteiger partial charge in [0.1, 0.15) is 0 Å². The summed E-state index contributed by atoms with van der Waals surface area (Å²) in [6.45, 7) is 0.385. The Morgan fingerprint density at radius 2 is 2.33 bits per heavy atom. The fourth-order valence-corrected chi connectivity index (χ4v) is 2.79. The Morgan fingerprint density at radius 3 is 2.92 bits per heavy atom. The van der Waals surface area contributed by atoms with E-state index in [9.17, 15) is 0 Å². The molecule has 0 bridgehead atoms. The summed E-state index contributed by atoms with van der Waals surface area (Å²) in [5.41, 5.74) is 0.494. The number of rotatable bonds is 2. The highest BCUT2D eigenvalue weighted by molar-refractivity contribution is 5.04. The van der Waals surface area contributed by atoms with E-state index in [0.717, 1.165) is 0 Å². The first kappa shape index (κ1) is 8.52. The van der Waals surface area contributed by atoms with Crippen molar-refractivity contribution in [1.82, 2.24) is 0 Å². The van der Waals surface area contributed by atoms with E-state index < -0.39 is 0 Å². The van der Waals surface area contributed by atoms with Gasteiger partial charge in [-0.15, -0.1) is 0 Å². The predicted octanol–water partition coefficient (Wildman–Crippen LogP) is 1.57. The van der Waals surface area contributed by atoms with E-state index in [4.69, 9.17) is 9.84 Å². The SMILES string of the molecule is COC1CCCC2(C1)CC2CO. The fraction of sp³-hybridized carbons (Fsp3) is 1.00. The minimum Gasteiger partial charge on any atom is -0.396 e. The lowest BCUT2D eigenvalue weighted by Gasteiger charge is -2.29. The highest BCUT2D eigenvalue weighted by atomic mass is 16.5. The monoisotopic (exact) mass is 170 g/mol. The molecule has 3 unspecified atom stereocenters. The molecule has 0 saturated heterocycles. The van der Waals surface area contributed by atoms with Crippen molar-refractivity contribution < 1.29 is 9.84 Å². The summed E-state index contributed by atoms with van der Waals surface area (Å²) in [5.74, 6) is 0.593. The van der Waals surface area contributed by atoms with E-state index >= 15 is 0 Å². The van der Waals surface area contributed by atoms with Gasteiger partial charge in [-0.1, -0.05) is 6.42 Å². The lowest BCUT2D eigenvalue weighted by atomic mass is 9.82. The van der Waals surface area contributed by atoms with Crippen molar-refractivity contribution in [3.05, 3.63) is 0 Å². The van der Waals surface area contributed by atoms with Crippen molar-refractivity contribution in [3.8, 4) is 0 Å². The molecule has 2 saturated carbocycles. The second-order valence-corrected chi connectivity index (χ2v) is 4.40. The summed E-state index contributed by atoms with van der Waals surface area (Å²) in [7, 11) is 1.81. The van der Waals surface area contributed by atoms with Gasteiger partial charge >= 0.3 is 0 Å². The van der Waals surface area contributed by atoms with Gasteiger partial charge in [-0.2, -0.15) is 0 Å². The van der Waals surface area contributed by atoms with Crippen LogP contribution in [0.2, 0.25) is 0 Å². The largest absolute Gasteiger partial charge is 0.396 e. The molecule has 2 fully saturated rings. The van der Waals surface area contributed by atoms with Crippen LogP contribution in [0.15, 0.2) is 0 Å². The predicted molar refractivity (Wildman–Crippen MR) is 46.9 cm³/mol. The van der Waals surface area contributed by atoms with Gasteiger partial charge in [0.15, 0.2) is 0 Å². The zero-order valence-corrected chi connectivity index (χ0v) is 7.75. The molecule has 12 heavy (non-hydrogen) atoms. The van der Waals surface area contributed by atoms with Crippen LogP contribution >= 0.6 is 0 Å². The van der Waals surface area contributed by atoms with Crippen molar-refractivity contribution in [2.75, 3.05) is 13.7 Å². The van der Waals surface area contributed by atoms with Crippen molar-refractivity contribution in [2.24, 2.45) is 11.3 Å². The standard InChI is InChI=1S/C10H18O2/c1-12-9-3-2-4-10(6-9)5-8(10)7-11/h8-9,11H,2-7H2,1H3. The average Bonchev–Trinajstić information content (AvgIpc) is 2.78. The summed E-state index contributed by atoms with van der Waals surface area (Å²) in [5, 5.41) is 9.04. The number of ether oxygens (including phenoxy) is 1. The molecule has 0 aromatic heterocycles. The molecule has 0 aromatic rings. The molecule has 70 valence electrons. The molecule has 1 spiro atoms. The van der Waals surface area contributed by atoms with Gasteiger partial charge in [0.25, 0.3) is 0 Å². The highest BCUT2D eigenvalue weighted by Crippen LogP contribution is 2.61. The third kappa shape index (κ3) is 1.27. The maximum Gasteiger partial charge on any atom is 0.0576 e. The van der Waals surface area contributed by atoms with Crippen LogP contribution in [-0.2, 0) is 4.74 Å². The number of aliphatic hydroxyl groups is 1. The Labute approximate surface area is 73.9 Å². The van der Waals surface area contributed by atoms with Gasteiger partial charge in [0.2, 0.25) is 0 Å². The zero-order chi connectivity index (χ0) is 8.60. The van der Waals surface area contributed by atoms with E-state index in [1.165, 1.54) is 32.1 Å². The van der Waals surface area contributed by atoms with Gasteiger partial charge < -0.3 is 9.84 Å². The molecule has 3 atom stereocenters. The van der Waals surface area contributed by atoms with Gasteiger partial charge in [0.05, 0.1) is 6.10 Å². The second-order valence-electron chi connectivity index (χ2n) is 4.40. The van der Waals surface area contributed by atoms with E-state index in [2.05, 4.69) is 0 Å². The fourth-order valence-electron chi connectivity index (χ4n) is 2.79. The van der Waals surface area contributed by atoms with E-state index in [1.807, 2.05) is 0 Å². The van der Waals surface area contributed by atoms with Crippen molar-refractivity contribution in [2.45, 2.75) is 38.2 Å². The van der Waals surface area contributed by atoms with Crippen LogP contribution in [0.3, 0.4) is 0 Å². The second kappa shape index (κ2) is 3.00. The van der Waals surface area contributed by atoms with Crippen molar-refractivity contribution in [3.63, 3.8) is 0 Å². The molecule has 2 rings (SSSR count). The maximum atomic E-state index is 9.04.